The molecule has 0 saturated carbocycles. The van der Waals surface area contributed by atoms with Gasteiger partial charge in [-0.25, -0.2) is 4.39 Å². The molecule has 2 aromatic rings. The average Bonchev–Trinajstić information content (AvgIpc) is 2.32. The molecule has 0 saturated heterocycles. The minimum Gasteiger partial charge on any atom is -0.396 e. The Morgan fingerprint density at radius 1 is 1.46 bits per heavy atom. The summed E-state index contributed by atoms with van der Waals surface area (Å²) in [5.74, 6) is -0.386. The van der Waals surface area contributed by atoms with E-state index in [1.807, 2.05) is 14.0 Å². The minimum atomic E-state index is -0.386. The Morgan fingerprint density at radius 2 is 2.15 bits per heavy atom. The molecular weight excluding hydrogens is 169 g/mol. The predicted molar refractivity (Wildman–Crippen MR) is 49.8 cm³/mol. The average molecular weight is 179 g/mol. The molecule has 0 radical (unpaired) electrons. The summed E-state index contributed by atoms with van der Waals surface area (Å²) in [6.07, 6.45) is 0. The number of fused-ring (bicyclic) bond motifs is 1. The molecule has 0 bridgehead atoms. The zero-order valence-electron chi connectivity index (χ0n) is 7.50. The number of aryl methyl sites for hydroxylation is 2. The number of benzene rings is 1. The third-order valence-corrected chi connectivity index (χ3v) is 2.25. The van der Waals surface area contributed by atoms with Crippen molar-refractivity contribution >= 4 is 16.6 Å². The van der Waals surface area contributed by atoms with Crippen molar-refractivity contribution in [2.75, 3.05) is 5.73 Å². The first-order valence-corrected chi connectivity index (χ1v) is 3.98. The summed E-state index contributed by atoms with van der Waals surface area (Å²) in [7, 11) is 1.82. The van der Waals surface area contributed by atoms with E-state index in [-0.39, 0.29) is 11.5 Å². The third-order valence-electron chi connectivity index (χ3n) is 2.25. The molecule has 1 aromatic heterocycles. The maximum atomic E-state index is 13.1. The second-order valence-corrected chi connectivity index (χ2v) is 3.10. The van der Waals surface area contributed by atoms with Gasteiger partial charge in [-0.15, -0.1) is 0 Å². The fraction of sp³-hybridized carbons (Fsp3) is 0.222. The molecule has 0 fully saturated rings. The van der Waals surface area contributed by atoms with Crippen molar-refractivity contribution in [2.24, 2.45) is 7.05 Å². The lowest BCUT2D eigenvalue weighted by Gasteiger charge is -1.95. The lowest BCUT2D eigenvalue weighted by molar-refractivity contribution is 0.634. The lowest BCUT2D eigenvalue weighted by Crippen LogP contribution is -1.91. The van der Waals surface area contributed by atoms with E-state index in [0.29, 0.717) is 0 Å². The highest BCUT2D eigenvalue weighted by atomic mass is 19.1. The molecule has 0 aliphatic rings. The Morgan fingerprint density at radius 3 is 2.85 bits per heavy atom. The summed E-state index contributed by atoms with van der Waals surface area (Å²) in [5.41, 5.74) is 7.24. The summed E-state index contributed by atoms with van der Waals surface area (Å²) >= 11 is 0. The summed E-state index contributed by atoms with van der Waals surface area (Å²) in [5, 5.41) is 5.00. The van der Waals surface area contributed by atoms with E-state index < -0.39 is 0 Å². The van der Waals surface area contributed by atoms with Crippen molar-refractivity contribution in [1.82, 2.24) is 9.78 Å². The summed E-state index contributed by atoms with van der Waals surface area (Å²) in [4.78, 5) is 0. The van der Waals surface area contributed by atoms with Crippen LogP contribution >= 0.6 is 0 Å². The van der Waals surface area contributed by atoms with E-state index in [0.717, 1.165) is 16.6 Å². The first-order chi connectivity index (χ1) is 6.09. The van der Waals surface area contributed by atoms with Crippen LogP contribution in [0, 0.1) is 12.7 Å². The van der Waals surface area contributed by atoms with Crippen molar-refractivity contribution in [3.05, 3.63) is 23.6 Å². The highest BCUT2D eigenvalue weighted by molar-refractivity contribution is 5.84. The van der Waals surface area contributed by atoms with E-state index in [1.54, 1.807) is 10.7 Å². The van der Waals surface area contributed by atoms with E-state index in [2.05, 4.69) is 5.10 Å². The van der Waals surface area contributed by atoms with Gasteiger partial charge in [0, 0.05) is 18.1 Å². The maximum absolute atomic E-state index is 13.1. The number of hydrogen-bond donors (Lipinski definition) is 1. The second-order valence-electron chi connectivity index (χ2n) is 3.10. The number of hydrogen-bond acceptors (Lipinski definition) is 2. The van der Waals surface area contributed by atoms with Crippen LogP contribution in [0.1, 0.15) is 5.69 Å². The van der Waals surface area contributed by atoms with Crippen LogP contribution in [0.25, 0.3) is 10.9 Å². The van der Waals surface area contributed by atoms with E-state index in [1.165, 1.54) is 6.07 Å². The molecule has 3 nitrogen and oxygen atoms in total. The van der Waals surface area contributed by atoms with Crippen LogP contribution in [0.15, 0.2) is 12.1 Å². The highest BCUT2D eigenvalue weighted by Gasteiger charge is 2.07. The molecular formula is C9H10FN3. The van der Waals surface area contributed by atoms with Crippen LogP contribution in [0.2, 0.25) is 0 Å². The highest BCUT2D eigenvalue weighted by Crippen LogP contribution is 2.22. The van der Waals surface area contributed by atoms with Crippen molar-refractivity contribution in [1.29, 1.82) is 0 Å². The predicted octanol–water partition coefficient (Wildman–Crippen LogP) is 1.60. The molecule has 2 rings (SSSR count). The van der Waals surface area contributed by atoms with Crippen LogP contribution in [-0.2, 0) is 7.05 Å². The number of nitrogens with zero attached hydrogens (tertiary/aromatic N) is 2. The van der Waals surface area contributed by atoms with Gasteiger partial charge < -0.3 is 5.73 Å². The molecule has 1 aromatic carbocycles. The Bertz CT molecular complexity index is 473. The zero-order valence-corrected chi connectivity index (χ0v) is 7.50. The van der Waals surface area contributed by atoms with Gasteiger partial charge in [0.25, 0.3) is 0 Å². The molecule has 0 aliphatic heterocycles. The lowest BCUT2D eigenvalue weighted by atomic mass is 10.2. The van der Waals surface area contributed by atoms with Crippen molar-refractivity contribution in [2.45, 2.75) is 6.92 Å². The summed E-state index contributed by atoms with van der Waals surface area (Å²) < 4.78 is 14.8. The molecule has 2 N–H and O–H groups in total. The SMILES string of the molecule is Cc1c2cc(F)c(N)cc2nn1C. The van der Waals surface area contributed by atoms with Gasteiger partial charge in [-0.1, -0.05) is 0 Å². The second kappa shape index (κ2) is 2.45. The van der Waals surface area contributed by atoms with Gasteiger partial charge >= 0.3 is 0 Å². The van der Waals surface area contributed by atoms with Crippen LogP contribution in [0.4, 0.5) is 10.1 Å². The normalized spacial score (nSPS) is 11.0. The van der Waals surface area contributed by atoms with Crippen LogP contribution in [-0.4, -0.2) is 9.78 Å². The van der Waals surface area contributed by atoms with Crippen LogP contribution in [0.5, 0.6) is 0 Å². The Labute approximate surface area is 75.0 Å². The quantitative estimate of drug-likeness (QED) is 0.624. The van der Waals surface area contributed by atoms with Gasteiger partial charge in [-0.2, -0.15) is 5.10 Å². The molecule has 68 valence electrons. The van der Waals surface area contributed by atoms with Crippen LogP contribution < -0.4 is 5.73 Å². The first-order valence-electron chi connectivity index (χ1n) is 3.98. The molecule has 0 atom stereocenters. The van der Waals surface area contributed by atoms with Gasteiger partial charge in [0.05, 0.1) is 11.2 Å². The Hall–Kier alpha value is -1.58. The Balaban J connectivity index is 2.89. The number of nitrogens with two attached hydrogens (primary N) is 1. The van der Waals surface area contributed by atoms with Gasteiger partial charge in [-0.3, -0.25) is 4.68 Å². The smallest absolute Gasteiger partial charge is 0.146 e. The largest absolute Gasteiger partial charge is 0.396 e. The van der Waals surface area contributed by atoms with Gasteiger partial charge in [-0.05, 0) is 19.1 Å². The zero-order chi connectivity index (χ0) is 9.59. The fourth-order valence-corrected chi connectivity index (χ4v) is 1.36. The topological polar surface area (TPSA) is 43.8 Å². The molecule has 0 amide bonds. The number of nitrogen functional groups attached to an aromatic ring is 1. The monoisotopic (exact) mass is 179 g/mol. The number of anilines is 1. The van der Waals surface area contributed by atoms with E-state index in [4.69, 9.17) is 5.73 Å². The number of rotatable bonds is 0. The Kier molecular flexibility index (Phi) is 1.52. The van der Waals surface area contributed by atoms with E-state index in [9.17, 15) is 4.39 Å². The van der Waals surface area contributed by atoms with Crippen molar-refractivity contribution in [3.63, 3.8) is 0 Å². The molecule has 13 heavy (non-hydrogen) atoms. The third kappa shape index (κ3) is 1.06. The van der Waals surface area contributed by atoms with E-state index >= 15 is 0 Å². The van der Waals surface area contributed by atoms with Crippen molar-refractivity contribution in [3.8, 4) is 0 Å². The first kappa shape index (κ1) is 8.04. The molecule has 0 spiro atoms. The van der Waals surface area contributed by atoms with Gasteiger partial charge in [0.2, 0.25) is 0 Å². The number of aromatic nitrogens is 2. The minimum absolute atomic E-state index is 0.144. The number of halogens is 1. The maximum Gasteiger partial charge on any atom is 0.146 e. The van der Waals surface area contributed by atoms with Gasteiger partial charge in [0.15, 0.2) is 0 Å². The standard InChI is InChI=1S/C9H10FN3/c1-5-6-3-7(10)8(11)4-9(6)12-13(5)2/h3-4H,11H2,1-2H3. The summed E-state index contributed by atoms with van der Waals surface area (Å²) in [6, 6.07) is 2.98. The molecule has 0 aliphatic carbocycles. The molecule has 4 heteroatoms. The van der Waals surface area contributed by atoms with Gasteiger partial charge in [0.1, 0.15) is 5.82 Å². The molecule has 0 unspecified atom stereocenters. The fourth-order valence-electron chi connectivity index (χ4n) is 1.36. The molecule has 1 heterocycles. The van der Waals surface area contributed by atoms with Crippen LogP contribution in [0.3, 0.4) is 0 Å². The van der Waals surface area contributed by atoms with Crippen molar-refractivity contribution < 1.29 is 4.39 Å². The summed E-state index contributed by atoms with van der Waals surface area (Å²) in [6.45, 7) is 1.89.